The number of nitrogens with zero attached hydrogens (tertiary/aromatic N) is 1. The zero-order valence-electron chi connectivity index (χ0n) is 11.6. The number of amides is 1. The highest BCUT2D eigenvalue weighted by Crippen LogP contribution is 2.24. The van der Waals surface area contributed by atoms with E-state index in [0.717, 1.165) is 5.56 Å². The van der Waals surface area contributed by atoms with Crippen LogP contribution in [0.1, 0.15) is 25.0 Å². The quantitative estimate of drug-likeness (QED) is 0.922. The number of anilines is 1. The number of rotatable bonds is 3. The topological polar surface area (TPSA) is 52.9 Å². The first kappa shape index (κ1) is 13.8. The molecule has 0 heterocycles. The largest absolute Gasteiger partial charge is 0.325 e. The molecule has 3 heteroatoms. The number of hydrogen-bond donors (Lipinski definition) is 1. The van der Waals surface area contributed by atoms with Crippen molar-refractivity contribution in [1.82, 2.24) is 0 Å². The molecule has 1 amide bonds. The molecule has 0 spiro atoms. The molecule has 0 atom stereocenters. The number of hydrogen-bond acceptors (Lipinski definition) is 2. The lowest BCUT2D eigenvalue weighted by Gasteiger charge is -2.24. The van der Waals surface area contributed by atoms with E-state index in [1.807, 2.05) is 44.2 Å². The molecule has 2 aromatic carbocycles. The van der Waals surface area contributed by atoms with Crippen LogP contribution in [0.3, 0.4) is 0 Å². The fourth-order valence-electron chi connectivity index (χ4n) is 1.90. The summed E-state index contributed by atoms with van der Waals surface area (Å²) in [6, 6.07) is 18.5. The van der Waals surface area contributed by atoms with Crippen molar-refractivity contribution in [2.24, 2.45) is 0 Å². The molecule has 100 valence electrons. The van der Waals surface area contributed by atoms with Gasteiger partial charge in [0.1, 0.15) is 0 Å². The first-order chi connectivity index (χ1) is 9.54. The molecule has 0 bridgehead atoms. The van der Waals surface area contributed by atoms with Gasteiger partial charge in [0.2, 0.25) is 5.91 Å². The van der Waals surface area contributed by atoms with E-state index in [1.54, 1.807) is 24.3 Å². The zero-order valence-corrected chi connectivity index (χ0v) is 11.6. The summed E-state index contributed by atoms with van der Waals surface area (Å²) in [6.45, 7) is 3.78. The Balaban J connectivity index is 2.17. The number of carbonyl (C=O) groups is 1. The summed E-state index contributed by atoms with van der Waals surface area (Å²) in [7, 11) is 0. The molecular weight excluding hydrogens is 248 g/mol. The highest BCUT2D eigenvalue weighted by Gasteiger charge is 2.29. The van der Waals surface area contributed by atoms with E-state index in [1.165, 1.54) is 0 Å². The minimum Gasteiger partial charge on any atom is -0.325 e. The van der Waals surface area contributed by atoms with Crippen molar-refractivity contribution < 1.29 is 4.79 Å². The van der Waals surface area contributed by atoms with Gasteiger partial charge in [-0.25, -0.2) is 0 Å². The average molecular weight is 264 g/mol. The Morgan fingerprint density at radius 3 is 2.20 bits per heavy atom. The van der Waals surface area contributed by atoms with Crippen LogP contribution in [0.25, 0.3) is 0 Å². The fraction of sp³-hybridized carbons (Fsp3) is 0.176. The van der Waals surface area contributed by atoms with Gasteiger partial charge in [0.15, 0.2) is 0 Å². The predicted molar refractivity (Wildman–Crippen MR) is 79.3 cm³/mol. The van der Waals surface area contributed by atoms with Crippen LogP contribution in [0.2, 0.25) is 0 Å². The lowest BCUT2D eigenvalue weighted by atomic mass is 9.83. The number of nitrogens with one attached hydrogen (secondary N) is 1. The highest BCUT2D eigenvalue weighted by molar-refractivity contribution is 5.98. The van der Waals surface area contributed by atoms with Gasteiger partial charge in [0, 0.05) is 5.69 Å². The van der Waals surface area contributed by atoms with Crippen molar-refractivity contribution in [3.8, 4) is 6.07 Å². The lowest BCUT2D eigenvalue weighted by molar-refractivity contribution is -0.120. The molecule has 0 saturated heterocycles. The van der Waals surface area contributed by atoms with Crippen LogP contribution in [0, 0.1) is 11.3 Å². The Labute approximate surface area is 118 Å². The smallest absolute Gasteiger partial charge is 0.234 e. The SMILES string of the molecule is CC(C)(C(=O)Nc1ccc(C#N)cc1)c1ccccc1. The van der Waals surface area contributed by atoms with Crippen LogP contribution < -0.4 is 5.32 Å². The average Bonchev–Trinajstić information content (AvgIpc) is 2.49. The summed E-state index contributed by atoms with van der Waals surface area (Å²) >= 11 is 0. The predicted octanol–water partition coefficient (Wildman–Crippen LogP) is 3.47. The zero-order chi connectivity index (χ0) is 14.6. The van der Waals surface area contributed by atoms with E-state index >= 15 is 0 Å². The van der Waals surface area contributed by atoms with Crippen molar-refractivity contribution in [1.29, 1.82) is 5.26 Å². The normalized spacial score (nSPS) is 10.7. The number of carbonyl (C=O) groups excluding carboxylic acids is 1. The van der Waals surface area contributed by atoms with Gasteiger partial charge in [-0.2, -0.15) is 5.26 Å². The van der Waals surface area contributed by atoms with E-state index in [-0.39, 0.29) is 5.91 Å². The highest BCUT2D eigenvalue weighted by atomic mass is 16.2. The van der Waals surface area contributed by atoms with E-state index < -0.39 is 5.41 Å². The first-order valence-corrected chi connectivity index (χ1v) is 6.41. The van der Waals surface area contributed by atoms with Crippen LogP contribution in [0.15, 0.2) is 54.6 Å². The Morgan fingerprint density at radius 2 is 1.65 bits per heavy atom. The molecule has 0 aliphatic heterocycles. The van der Waals surface area contributed by atoms with Crippen molar-refractivity contribution in [2.45, 2.75) is 19.3 Å². The van der Waals surface area contributed by atoms with Crippen molar-refractivity contribution in [3.05, 3.63) is 65.7 Å². The Hall–Kier alpha value is -2.60. The molecule has 0 radical (unpaired) electrons. The second-order valence-corrected chi connectivity index (χ2v) is 5.13. The molecule has 0 unspecified atom stereocenters. The summed E-state index contributed by atoms with van der Waals surface area (Å²) in [5.41, 5.74) is 1.62. The van der Waals surface area contributed by atoms with Crippen LogP contribution in [0.5, 0.6) is 0 Å². The maximum Gasteiger partial charge on any atom is 0.234 e. The second-order valence-electron chi connectivity index (χ2n) is 5.13. The summed E-state index contributed by atoms with van der Waals surface area (Å²) in [5, 5.41) is 11.6. The molecule has 2 aromatic rings. The Morgan fingerprint density at radius 1 is 1.05 bits per heavy atom. The van der Waals surface area contributed by atoms with Crippen LogP contribution >= 0.6 is 0 Å². The molecular formula is C17H16N2O. The van der Waals surface area contributed by atoms with E-state index in [2.05, 4.69) is 11.4 Å². The van der Waals surface area contributed by atoms with Gasteiger partial charge in [-0.3, -0.25) is 4.79 Å². The second kappa shape index (κ2) is 5.58. The monoisotopic (exact) mass is 264 g/mol. The third-order valence-electron chi connectivity index (χ3n) is 3.34. The molecule has 0 aliphatic rings. The summed E-state index contributed by atoms with van der Waals surface area (Å²) in [6.07, 6.45) is 0. The van der Waals surface area contributed by atoms with E-state index in [9.17, 15) is 4.79 Å². The molecule has 0 aliphatic carbocycles. The van der Waals surface area contributed by atoms with Crippen molar-refractivity contribution >= 4 is 11.6 Å². The Kier molecular flexibility index (Phi) is 3.86. The van der Waals surface area contributed by atoms with Crippen LogP contribution in [0.4, 0.5) is 5.69 Å². The van der Waals surface area contributed by atoms with Gasteiger partial charge in [0.05, 0.1) is 17.0 Å². The molecule has 20 heavy (non-hydrogen) atoms. The molecule has 0 fully saturated rings. The van der Waals surface area contributed by atoms with Crippen molar-refractivity contribution in [2.75, 3.05) is 5.32 Å². The van der Waals surface area contributed by atoms with E-state index in [0.29, 0.717) is 11.3 Å². The van der Waals surface area contributed by atoms with Gasteiger partial charge >= 0.3 is 0 Å². The maximum absolute atomic E-state index is 12.4. The van der Waals surface area contributed by atoms with E-state index in [4.69, 9.17) is 5.26 Å². The molecule has 0 aromatic heterocycles. The summed E-state index contributed by atoms with van der Waals surface area (Å²) in [5.74, 6) is -0.0755. The van der Waals surface area contributed by atoms with Gasteiger partial charge in [-0.15, -0.1) is 0 Å². The lowest BCUT2D eigenvalue weighted by Crippen LogP contribution is -2.34. The third-order valence-corrected chi connectivity index (χ3v) is 3.34. The van der Waals surface area contributed by atoms with Crippen molar-refractivity contribution in [3.63, 3.8) is 0 Å². The minimum atomic E-state index is -0.616. The molecule has 1 N–H and O–H groups in total. The molecule has 2 rings (SSSR count). The van der Waals surface area contributed by atoms with Gasteiger partial charge in [-0.1, -0.05) is 30.3 Å². The number of nitriles is 1. The molecule has 0 saturated carbocycles. The first-order valence-electron chi connectivity index (χ1n) is 6.41. The maximum atomic E-state index is 12.4. The summed E-state index contributed by atoms with van der Waals surface area (Å²) < 4.78 is 0. The summed E-state index contributed by atoms with van der Waals surface area (Å²) in [4.78, 5) is 12.4. The Bertz CT molecular complexity index is 637. The fourth-order valence-corrected chi connectivity index (χ4v) is 1.90. The standard InChI is InChI=1S/C17H16N2O/c1-17(2,14-6-4-3-5-7-14)16(20)19-15-10-8-13(12-18)9-11-15/h3-11H,1-2H3,(H,19,20). The third kappa shape index (κ3) is 2.86. The van der Waals surface area contributed by atoms with Gasteiger partial charge < -0.3 is 5.32 Å². The number of benzene rings is 2. The van der Waals surface area contributed by atoms with Gasteiger partial charge in [-0.05, 0) is 43.7 Å². The molecule has 3 nitrogen and oxygen atoms in total. The van der Waals surface area contributed by atoms with Crippen LogP contribution in [-0.4, -0.2) is 5.91 Å². The van der Waals surface area contributed by atoms with Gasteiger partial charge in [0.25, 0.3) is 0 Å². The minimum absolute atomic E-state index is 0.0755. The van der Waals surface area contributed by atoms with Crippen LogP contribution in [-0.2, 0) is 10.2 Å².